The highest BCUT2D eigenvalue weighted by Crippen LogP contribution is 2.20. The van der Waals surface area contributed by atoms with Crippen LogP contribution in [0.4, 0.5) is 20.4 Å². The molecule has 0 saturated carbocycles. The number of pyridine rings is 1. The minimum atomic E-state index is -2.63. The van der Waals surface area contributed by atoms with Gasteiger partial charge in [-0.25, -0.2) is 23.7 Å². The van der Waals surface area contributed by atoms with Gasteiger partial charge in [-0.05, 0) is 25.1 Å². The first kappa shape index (κ1) is 12.6. The number of rotatable bonds is 3. The topological polar surface area (TPSA) is 50.7 Å². The summed E-state index contributed by atoms with van der Waals surface area (Å²) in [6, 6.07) is 4.44. The Labute approximate surface area is 107 Å². The lowest BCUT2D eigenvalue weighted by Crippen LogP contribution is -2.00. The highest BCUT2D eigenvalue weighted by atomic mass is 35.5. The van der Waals surface area contributed by atoms with Gasteiger partial charge in [0.05, 0.1) is 0 Å². The molecule has 0 aliphatic rings. The number of alkyl halides is 2. The Morgan fingerprint density at radius 1 is 1.28 bits per heavy atom. The van der Waals surface area contributed by atoms with E-state index in [1.54, 1.807) is 19.1 Å². The summed E-state index contributed by atoms with van der Waals surface area (Å²) in [5.74, 6) is 0.0921. The first-order valence-electron chi connectivity index (χ1n) is 5.07. The van der Waals surface area contributed by atoms with E-state index in [1.165, 1.54) is 12.3 Å². The van der Waals surface area contributed by atoms with E-state index in [1.807, 2.05) is 0 Å². The molecule has 7 heteroatoms. The van der Waals surface area contributed by atoms with E-state index < -0.39 is 6.43 Å². The van der Waals surface area contributed by atoms with Crippen LogP contribution in [-0.2, 0) is 0 Å². The quantitative estimate of drug-likeness (QED) is 0.867. The summed E-state index contributed by atoms with van der Waals surface area (Å²) in [6.07, 6.45) is -1.36. The summed E-state index contributed by atoms with van der Waals surface area (Å²) in [5.41, 5.74) is 0.971. The fourth-order valence-corrected chi connectivity index (χ4v) is 1.63. The number of halogens is 3. The molecular weight excluding hydrogens is 262 g/mol. The molecule has 0 aliphatic heterocycles. The van der Waals surface area contributed by atoms with Crippen LogP contribution in [0, 0.1) is 6.92 Å². The van der Waals surface area contributed by atoms with Gasteiger partial charge in [-0.15, -0.1) is 0 Å². The second-order valence-corrected chi connectivity index (χ2v) is 3.94. The van der Waals surface area contributed by atoms with Crippen LogP contribution in [0.1, 0.15) is 17.8 Å². The van der Waals surface area contributed by atoms with Crippen molar-refractivity contribution in [3.8, 4) is 0 Å². The van der Waals surface area contributed by atoms with Gasteiger partial charge in [0.25, 0.3) is 6.43 Å². The van der Waals surface area contributed by atoms with E-state index in [9.17, 15) is 8.78 Å². The molecule has 0 atom stereocenters. The van der Waals surface area contributed by atoms with E-state index in [0.29, 0.717) is 16.5 Å². The second kappa shape index (κ2) is 5.22. The summed E-state index contributed by atoms with van der Waals surface area (Å²) in [6.45, 7) is 1.77. The number of hydrogen-bond donors (Lipinski definition) is 1. The molecule has 0 fully saturated rings. The molecule has 0 amide bonds. The van der Waals surface area contributed by atoms with E-state index in [-0.39, 0.29) is 11.6 Å². The Hall–Kier alpha value is -1.82. The van der Waals surface area contributed by atoms with Gasteiger partial charge in [0, 0.05) is 17.6 Å². The van der Waals surface area contributed by atoms with Gasteiger partial charge < -0.3 is 5.32 Å². The van der Waals surface area contributed by atoms with Gasteiger partial charge in [0.15, 0.2) is 0 Å². The molecule has 0 radical (unpaired) electrons. The van der Waals surface area contributed by atoms with Crippen molar-refractivity contribution < 1.29 is 8.78 Å². The molecule has 4 nitrogen and oxygen atoms in total. The summed E-state index contributed by atoms with van der Waals surface area (Å²) in [4.78, 5) is 11.5. The lowest BCUT2D eigenvalue weighted by molar-refractivity contribution is 0.146. The van der Waals surface area contributed by atoms with Crippen molar-refractivity contribution in [2.24, 2.45) is 0 Å². The molecule has 0 aliphatic carbocycles. The van der Waals surface area contributed by atoms with Crippen LogP contribution in [0.2, 0.25) is 5.15 Å². The number of aryl methyl sites for hydroxylation is 1. The van der Waals surface area contributed by atoms with Crippen molar-refractivity contribution in [2.45, 2.75) is 13.3 Å². The van der Waals surface area contributed by atoms with Crippen LogP contribution >= 0.6 is 11.6 Å². The van der Waals surface area contributed by atoms with Crippen LogP contribution in [0.15, 0.2) is 24.4 Å². The first-order valence-corrected chi connectivity index (χ1v) is 5.44. The number of anilines is 2. The molecule has 2 rings (SSSR count). The van der Waals surface area contributed by atoms with Crippen molar-refractivity contribution in [3.05, 3.63) is 40.9 Å². The minimum absolute atomic E-state index is 0.0921. The Morgan fingerprint density at radius 3 is 2.72 bits per heavy atom. The Morgan fingerprint density at radius 2 is 2.06 bits per heavy atom. The molecular formula is C11H9ClF2N4. The van der Waals surface area contributed by atoms with Crippen LogP contribution in [0.3, 0.4) is 0 Å². The zero-order valence-corrected chi connectivity index (χ0v) is 10.1. The summed E-state index contributed by atoms with van der Waals surface area (Å²) in [7, 11) is 0. The zero-order chi connectivity index (χ0) is 13.1. The highest BCUT2D eigenvalue weighted by Gasteiger charge is 2.10. The third-order valence-electron chi connectivity index (χ3n) is 2.08. The smallest absolute Gasteiger partial charge is 0.280 e. The molecule has 0 saturated heterocycles. The average molecular weight is 271 g/mol. The van der Waals surface area contributed by atoms with E-state index in [2.05, 4.69) is 20.3 Å². The van der Waals surface area contributed by atoms with Crippen LogP contribution in [-0.4, -0.2) is 15.0 Å². The van der Waals surface area contributed by atoms with E-state index >= 15 is 0 Å². The van der Waals surface area contributed by atoms with Gasteiger partial charge in [-0.1, -0.05) is 11.6 Å². The minimum Gasteiger partial charge on any atom is -0.324 e. The number of nitrogens with one attached hydrogen (secondary N) is 1. The van der Waals surface area contributed by atoms with Crippen molar-refractivity contribution in [1.82, 2.24) is 15.0 Å². The first-order chi connectivity index (χ1) is 8.54. The molecule has 2 aromatic rings. The molecule has 0 aromatic carbocycles. The fourth-order valence-electron chi connectivity index (χ4n) is 1.38. The molecule has 94 valence electrons. The summed E-state index contributed by atoms with van der Waals surface area (Å²) >= 11 is 5.79. The molecule has 0 unspecified atom stereocenters. The largest absolute Gasteiger partial charge is 0.324 e. The molecule has 1 N–H and O–H groups in total. The standard InChI is InChI=1S/C11H9ClF2N4/c1-6-4-7(5-9(12)16-6)17-11-15-3-2-8(18-11)10(13)14/h2-5,10H,1H3,(H,15,16,17,18). The predicted molar refractivity (Wildman–Crippen MR) is 64.3 cm³/mol. The zero-order valence-electron chi connectivity index (χ0n) is 9.36. The number of aromatic nitrogens is 3. The summed E-state index contributed by atoms with van der Waals surface area (Å²) in [5, 5.41) is 3.11. The molecule has 2 aromatic heterocycles. The molecule has 18 heavy (non-hydrogen) atoms. The number of nitrogens with zero attached hydrogens (tertiary/aromatic N) is 3. The maximum atomic E-state index is 12.5. The van der Waals surface area contributed by atoms with Crippen molar-refractivity contribution in [3.63, 3.8) is 0 Å². The van der Waals surface area contributed by atoms with Crippen molar-refractivity contribution in [1.29, 1.82) is 0 Å². The van der Waals surface area contributed by atoms with Gasteiger partial charge in [-0.3, -0.25) is 0 Å². The van der Waals surface area contributed by atoms with Crippen LogP contribution < -0.4 is 5.32 Å². The van der Waals surface area contributed by atoms with Crippen LogP contribution in [0.25, 0.3) is 0 Å². The molecule has 0 spiro atoms. The lowest BCUT2D eigenvalue weighted by Gasteiger charge is -2.07. The van der Waals surface area contributed by atoms with Gasteiger partial charge >= 0.3 is 0 Å². The van der Waals surface area contributed by atoms with Gasteiger partial charge in [0.1, 0.15) is 10.8 Å². The second-order valence-electron chi connectivity index (χ2n) is 3.55. The Bertz CT molecular complexity index is 542. The molecule has 0 bridgehead atoms. The van der Waals surface area contributed by atoms with Gasteiger partial charge in [-0.2, -0.15) is 0 Å². The predicted octanol–water partition coefficient (Wildman–Crippen LogP) is 3.51. The monoisotopic (exact) mass is 270 g/mol. The summed E-state index contributed by atoms with van der Waals surface area (Å²) < 4.78 is 24.9. The highest BCUT2D eigenvalue weighted by molar-refractivity contribution is 6.29. The van der Waals surface area contributed by atoms with Crippen molar-refractivity contribution >= 4 is 23.2 Å². The third-order valence-corrected chi connectivity index (χ3v) is 2.27. The third kappa shape index (κ3) is 3.10. The fraction of sp³-hybridized carbons (Fsp3) is 0.182. The van der Waals surface area contributed by atoms with Gasteiger partial charge in [0.2, 0.25) is 5.95 Å². The maximum absolute atomic E-state index is 12.5. The van der Waals surface area contributed by atoms with E-state index in [4.69, 9.17) is 11.6 Å². The number of hydrogen-bond acceptors (Lipinski definition) is 4. The Kier molecular flexibility index (Phi) is 3.66. The van der Waals surface area contributed by atoms with E-state index in [0.717, 1.165) is 0 Å². The lowest BCUT2D eigenvalue weighted by atomic mass is 10.3. The average Bonchev–Trinajstić information content (AvgIpc) is 2.27. The van der Waals surface area contributed by atoms with Crippen LogP contribution in [0.5, 0.6) is 0 Å². The SMILES string of the molecule is Cc1cc(Nc2nccc(C(F)F)n2)cc(Cl)n1. The maximum Gasteiger partial charge on any atom is 0.280 e. The molecule has 2 heterocycles. The normalized spacial score (nSPS) is 10.7. The van der Waals surface area contributed by atoms with Crippen molar-refractivity contribution in [2.75, 3.05) is 5.32 Å². The Balaban J connectivity index is 2.25.